The van der Waals surface area contributed by atoms with Crippen molar-refractivity contribution in [3.8, 4) is 6.07 Å². The Bertz CT molecular complexity index is 718. The van der Waals surface area contributed by atoms with Gasteiger partial charge in [0.2, 0.25) is 5.95 Å². The standard InChI is InChI=1S/C16H18N6O2/c17-9-11-3-6-18-15(19-11)20-7-4-12(5-8-20)21-10-14(23)22(16(21)24)13-1-2-13/h3,6,12-13H,1-2,4-5,7-8,10H2. The van der Waals surface area contributed by atoms with Crippen LogP contribution in [0.1, 0.15) is 31.4 Å². The highest BCUT2D eigenvalue weighted by Gasteiger charge is 2.47. The third-order valence-electron chi connectivity index (χ3n) is 4.88. The van der Waals surface area contributed by atoms with Gasteiger partial charge in [0.05, 0.1) is 0 Å². The molecule has 0 radical (unpaired) electrons. The van der Waals surface area contributed by atoms with Crippen molar-refractivity contribution in [2.45, 2.75) is 37.8 Å². The molecule has 0 N–H and O–H groups in total. The molecule has 0 aromatic carbocycles. The van der Waals surface area contributed by atoms with Crippen molar-refractivity contribution in [1.29, 1.82) is 5.26 Å². The van der Waals surface area contributed by atoms with Crippen molar-refractivity contribution in [1.82, 2.24) is 19.8 Å². The Morgan fingerprint density at radius 1 is 1.12 bits per heavy atom. The highest BCUT2D eigenvalue weighted by atomic mass is 16.2. The Balaban J connectivity index is 1.40. The molecule has 24 heavy (non-hydrogen) atoms. The molecular weight excluding hydrogens is 308 g/mol. The minimum atomic E-state index is -0.122. The summed E-state index contributed by atoms with van der Waals surface area (Å²) in [5, 5.41) is 8.94. The van der Waals surface area contributed by atoms with Gasteiger partial charge in [-0.3, -0.25) is 9.69 Å². The first-order valence-electron chi connectivity index (χ1n) is 8.28. The summed E-state index contributed by atoms with van der Waals surface area (Å²) in [6.45, 7) is 1.63. The molecule has 3 fully saturated rings. The molecule has 0 bridgehead atoms. The van der Waals surface area contributed by atoms with Gasteiger partial charge >= 0.3 is 6.03 Å². The van der Waals surface area contributed by atoms with Gasteiger partial charge in [-0.15, -0.1) is 0 Å². The Labute approximate surface area is 139 Å². The second-order valence-electron chi connectivity index (χ2n) is 6.48. The van der Waals surface area contributed by atoms with Gasteiger partial charge in [0, 0.05) is 31.4 Å². The minimum Gasteiger partial charge on any atom is -0.341 e. The normalized spacial score (nSPS) is 22.2. The molecule has 3 aliphatic rings. The summed E-state index contributed by atoms with van der Waals surface area (Å²) in [6, 6.07) is 3.70. The zero-order valence-electron chi connectivity index (χ0n) is 13.3. The zero-order valence-corrected chi connectivity index (χ0v) is 13.3. The number of amides is 3. The van der Waals surface area contributed by atoms with Crippen molar-refractivity contribution < 1.29 is 9.59 Å². The molecule has 2 saturated heterocycles. The van der Waals surface area contributed by atoms with E-state index in [1.807, 2.05) is 11.0 Å². The Morgan fingerprint density at radius 2 is 1.88 bits per heavy atom. The van der Waals surface area contributed by atoms with E-state index in [4.69, 9.17) is 5.26 Å². The molecule has 4 rings (SSSR count). The van der Waals surface area contributed by atoms with Crippen LogP contribution in [0, 0.1) is 11.3 Å². The number of hydrogen-bond acceptors (Lipinski definition) is 6. The van der Waals surface area contributed by atoms with Gasteiger partial charge in [0.15, 0.2) is 0 Å². The van der Waals surface area contributed by atoms with E-state index in [0.717, 1.165) is 25.7 Å². The lowest BCUT2D eigenvalue weighted by molar-refractivity contribution is -0.125. The van der Waals surface area contributed by atoms with Gasteiger partial charge in [-0.1, -0.05) is 0 Å². The van der Waals surface area contributed by atoms with Crippen LogP contribution >= 0.6 is 0 Å². The second-order valence-corrected chi connectivity index (χ2v) is 6.48. The van der Waals surface area contributed by atoms with Gasteiger partial charge < -0.3 is 9.80 Å². The van der Waals surface area contributed by atoms with Gasteiger partial charge in [-0.25, -0.2) is 14.8 Å². The first kappa shape index (κ1) is 14.9. The second kappa shape index (κ2) is 5.74. The molecule has 0 unspecified atom stereocenters. The number of carbonyl (C=O) groups excluding carboxylic acids is 2. The number of rotatable bonds is 3. The van der Waals surface area contributed by atoms with Crippen molar-refractivity contribution in [3.05, 3.63) is 18.0 Å². The van der Waals surface area contributed by atoms with Crippen LogP contribution in [0.3, 0.4) is 0 Å². The first-order chi connectivity index (χ1) is 11.7. The monoisotopic (exact) mass is 326 g/mol. The lowest BCUT2D eigenvalue weighted by Crippen LogP contribution is -2.47. The topological polar surface area (TPSA) is 93.4 Å². The van der Waals surface area contributed by atoms with E-state index >= 15 is 0 Å². The van der Waals surface area contributed by atoms with Crippen LogP contribution in [-0.4, -0.2) is 63.4 Å². The van der Waals surface area contributed by atoms with E-state index in [9.17, 15) is 9.59 Å². The van der Waals surface area contributed by atoms with Crippen LogP contribution in [0.15, 0.2) is 12.3 Å². The van der Waals surface area contributed by atoms with Crippen molar-refractivity contribution in [2.75, 3.05) is 24.5 Å². The number of anilines is 1. The molecule has 1 saturated carbocycles. The van der Waals surface area contributed by atoms with E-state index in [0.29, 0.717) is 24.7 Å². The third kappa shape index (κ3) is 2.56. The minimum absolute atomic E-state index is 0.0602. The van der Waals surface area contributed by atoms with E-state index in [1.54, 1.807) is 17.2 Å². The van der Waals surface area contributed by atoms with Crippen LogP contribution in [0.25, 0.3) is 0 Å². The predicted molar refractivity (Wildman–Crippen MR) is 84.0 cm³/mol. The summed E-state index contributed by atoms with van der Waals surface area (Å²) in [5.41, 5.74) is 0.350. The number of nitriles is 1. The van der Waals surface area contributed by atoms with Gasteiger partial charge in [0.1, 0.15) is 18.3 Å². The summed E-state index contributed by atoms with van der Waals surface area (Å²) in [6.07, 6.45) is 5.02. The molecule has 3 heterocycles. The largest absolute Gasteiger partial charge is 0.341 e. The maximum absolute atomic E-state index is 12.5. The molecule has 1 aromatic rings. The predicted octanol–water partition coefficient (Wildman–Crippen LogP) is 0.744. The summed E-state index contributed by atoms with van der Waals surface area (Å²) < 4.78 is 0. The Morgan fingerprint density at radius 3 is 2.54 bits per heavy atom. The zero-order chi connectivity index (χ0) is 16.7. The van der Waals surface area contributed by atoms with Gasteiger partial charge in [0.25, 0.3) is 5.91 Å². The number of piperidine rings is 1. The lowest BCUT2D eigenvalue weighted by atomic mass is 10.0. The maximum Gasteiger partial charge on any atom is 0.327 e. The molecule has 8 heteroatoms. The molecule has 124 valence electrons. The summed E-state index contributed by atoms with van der Waals surface area (Å²) in [5.74, 6) is 0.492. The Hall–Kier alpha value is -2.69. The highest BCUT2D eigenvalue weighted by molar-refractivity contribution is 6.02. The molecule has 1 aromatic heterocycles. The summed E-state index contributed by atoms with van der Waals surface area (Å²) >= 11 is 0. The average molecular weight is 326 g/mol. The quantitative estimate of drug-likeness (QED) is 0.761. The number of nitrogens with zero attached hydrogens (tertiary/aromatic N) is 6. The maximum atomic E-state index is 12.5. The number of urea groups is 1. The molecular formula is C16H18N6O2. The number of aromatic nitrogens is 2. The average Bonchev–Trinajstić information content (AvgIpc) is 3.40. The number of carbonyl (C=O) groups is 2. The van der Waals surface area contributed by atoms with Gasteiger partial charge in [-0.05, 0) is 31.7 Å². The fourth-order valence-electron chi connectivity index (χ4n) is 3.45. The van der Waals surface area contributed by atoms with Gasteiger partial charge in [-0.2, -0.15) is 5.26 Å². The van der Waals surface area contributed by atoms with E-state index in [2.05, 4.69) is 9.97 Å². The van der Waals surface area contributed by atoms with Crippen LogP contribution in [0.5, 0.6) is 0 Å². The van der Waals surface area contributed by atoms with E-state index in [1.165, 1.54) is 4.90 Å². The summed E-state index contributed by atoms with van der Waals surface area (Å²) in [4.78, 5) is 38.2. The van der Waals surface area contributed by atoms with Crippen LogP contribution in [-0.2, 0) is 4.79 Å². The van der Waals surface area contributed by atoms with Crippen LogP contribution < -0.4 is 4.90 Å². The lowest BCUT2D eigenvalue weighted by Gasteiger charge is -2.36. The molecule has 0 atom stereocenters. The number of imide groups is 1. The molecule has 2 aliphatic heterocycles. The highest BCUT2D eigenvalue weighted by Crippen LogP contribution is 2.32. The fraction of sp³-hybridized carbons (Fsp3) is 0.562. The first-order valence-corrected chi connectivity index (χ1v) is 8.28. The van der Waals surface area contributed by atoms with E-state index in [-0.39, 0.29) is 30.6 Å². The fourth-order valence-corrected chi connectivity index (χ4v) is 3.45. The molecule has 3 amide bonds. The smallest absolute Gasteiger partial charge is 0.327 e. The Kier molecular flexibility index (Phi) is 3.56. The molecule has 0 spiro atoms. The number of hydrogen-bond donors (Lipinski definition) is 0. The SMILES string of the molecule is N#Cc1ccnc(N2CCC(N3CC(=O)N(C4CC4)C3=O)CC2)n1. The van der Waals surface area contributed by atoms with Crippen LogP contribution in [0.4, 0.5) is 10.7 Å². The van der Waals surface area contributed by atoms with Crippen molar-refractivity contribution in [2.24, 2.45) is 0 Å². The van der Waals surface area contributed by atoms with Crippen molar-refractivity contribution >= 4 is 17.9 Å². The molecule has 1 aliphatic carbocycles. The molecule has 8 nitrogen and oxygen atoms in total. The van der Waals surface area contributed by atoms with Crippen molar-refractivity contribution in [3.63, 3.8) is 0 Å². The van der Waals surface area contributed by atoms with Crippen LogP contribution in [0.2, 0.25) is 0 Å². The van der Waals surface area contributed by atoms with E-state index < -0.39 is 0 Å². The summed E-state index contributed by atoms with van der Waals surface area (Å²) in [7, 11) is 0. The third-order valence-corrected chi connectivity index (χ3v) is 4.88.